The van der Waals surface area contributed by atoms with E-state index in [4.69, 9.17) is 0 Å². The number of para-hydroxylation sites is 1. The molecule has 1 aliphatic rings. The molecule has 1 aromatic rings. The van der Waals surface area contributed by atoms with Crippen LogP contribution in [0.25, 0.3) is 0 Å². The fraction of sp³-hybridized carbons (Fsp3) is 0.647. The highest BCUT2D eigenvalue weighted by molar-refractivity contribution is 5.54. The Morgan fingerprint density at radius 1 is 1.21 bits per heavy atom. The molecule has 2 nitrogen and oxygen atoms in total. The first kappa shape index (κ1) is 14.4. The van der Waals surface area contributed by atoms with Crippen LogP contribution < -0.4 is 10.2 Å². The van der Waals surface area contributed by atoms with Gasteiger partial charge in [0.05, 0.1) is 0 Å². The van der Waals surface area contributed by atoms with E-state index in [1.807, 2.05) is 0 Å². The van der Waals surface area contributed by atoms with E-state index in [0.29, 0.717) is 6.04 Å². The second kappa shape index (κ2) is 7.54. The first-order valence-electron chi connectivity index (χ1n) is 7.88. The van der Waals surface area contributed by atoms with Gasteiger partial charge in [-0.3, -0.25) is 0 Å². The van der Waals surface area contributed by atoms with Gasteiger partial charge in [-0.15, -0.1) is 0 Å². The van der Waals surface area contributed by atoms with Crippen LogP contribution >= 0.6 is 0 Å². The largest absolute Gasteiger partial charge is 0.369 e. The van der Waals surface area contributed by atoms with Gasteiger partial charge in [-0.2, -0.15) is 0 Å². The summed E-state index contributed by atoms with van der Waals surface area (Å²) in [6.07, 6.45) is 6.63. The molecule has 1 aromatic carbocycles. The molecule has 2 heteroatoms. The van der Waals surface area contributed by atoms with Crippen molar-refractivity contribution in [3.05, 3.63) is 29.8 Å². The van der Waals surface area contributed by atoms with Crippen molar-refractivity contribution in [1.82, 2.24) is 5.32 Å². The zero-order valence-electron chi connectivity index (χ0n) is 12.5. The Balaban J connectivity index is 2.12. The van der Waals surface area contributed by atoms with Crippen molar-refractivity contribution in [2.24, 2.45) is 0 Å². The van der Waals surface area contributed by atoms with Crippen molar-refractivity contribution < 1.29 is 0 Å². The second-order valence-electron chi connectivity index (χ2n) is 5.70. The monoisotopic (exact) mass is 260 g/mol. The minimum Gasteiger partial charge on any atom is -0.369 e. The zero-order valence-corrected chi connectivity index (χ0v) is 12.5. The average molecular weight is 260 g/mol. The van der Waals surface area contributed by atoms with Crippen LogP contribution in [0.3, 0.4) is 0 Å². The predicted octanol–water partition coefficient (Wildman–Crippen LogP) is 3.96. The summed E-state index contributed by atoms with van der Waals surface area (Å²) in [6.45, 7) is 7.90. The lowest BCUT2D eigenvalue weighted by Crippen LogP contribution is -2.33. The van der Waals surface area contributed by atoms with Crippen LogP contribution in [-0.2, 0) is 6.54 Å². The summed E-state index contributed by atoms with van der Waals surface area (Å²) in [5, 5.41) is 3.53. The number of hydrogen-bond donors (Lipinski definition) is 1. The molecule has 1 atom stereocenters. The van der Waals surface area contributed by atoms with Crippen LogP contribution in [0.1, 0.15) is 51.5 Å². The lowest BCUT2D eigenvalue weighted by Gasteiger charge is -2.31. The van der Waals surface area contributed by atoms with Gasteiger partial charge < -0.3 is 10.2 Å². The third-order valence-electron chi connectivity index (χ3n) is 4.10. The molecule has 0 aliphatic carbocycles. The van der Waals surface area contributed by atoms with E-state index >= 15 is 0 Å². The van der Waals surface area contributed by atoms with E-state index in [2.05, 4.69) is 48.3 Å². The number of nitrogens with one attached hydrogen (secondary N) is 1. The second-order valence-corrected chi connectivity index (χ2v) is 5.70. The van der Waals surface area contributed by atoms with Crippen LogP contribution in [0.2, 0.25) is 0 Å². The highest BCUT2D eigenvalue weighted by Gasteiger charge is 2.19. The molecule has 0 spiro atoms. The Morgan fingerprint density at radius 2 is 2.05 bits per heavy atom. The third-order valence-corrected chi connectivity index (χ3v) is 4.10. The Kier molecular flexibility index (Phi) is 5.71. The Bertz CT molecular complexity index is 375. The Labute approximate surface area is 118 Å². The standard InChI is InChI=1S/C17H28N2/c1-3-12-18-14-16-10-6-7-11-17(16)19-13-8-4-5-9-15(19)2/h6-7,10-11,15,18H,3-5,8-9,12-14H2,1-2H3. The van der Waals surface area contributed by atoms with Gasteiger partial charge in [-0.25, -0.2) is 0 Å². The fourth-order valence-corrected chi connectivity index (χ4v) is 2.97. The first-order valence-corrected chi connectivity index (χ1v) is 7.88. The summed E-state index contributed by atoms with van der Waals surface area (Å²) in [6, 6.07) is 9.58. The van der Waals surface area contributed by atoms with Gasteiger partial charge >= 0.3 is 0 Å². The van der Waals surface area contributed by atoms with Crippen LogP contribution in [-0.4, -0.2) is 19.1 Å². The summed E-state index contributed by atoms with van der Waals surface area (Å²) in [4.78, 5) is 2.62. The Hall–Kier alpha value is -1.02. The highest BCUT2D eigenvalue weighted by atomic mass is 15.2. The van der Waals surface area contributed by atoms with Crippen LogP contribution in [0, 0.1) is 0 Å². The molecule has 1 N–H and O–H groups in total. The van der Waals surface area contributed by atoms with Crippen LogP contribution in [0.15, 0.2) is 24.3 Å². The molecule has 1 aliphatic heterocycles. The molecule has 0 bridgehead atoms. The Morgan fingerprint density at radius 3 is 2.89 bits per heavy atom. The minimum absolute atomic E-state index is 0.676. The van der Waals surface area contributed by atoms with E-state index in [0.717, 1.165) is 13.1 Å². The average Bonchev–Trinajstić information content (AvgIpc) is 2.64. The van der Waals surface area contributed by atoms with Crippen molar-refractivity contribution >= 4 is 5.69 Å². The molecule has 1 saturated heterocycles. The maximum absolute atomic E-state index is 3.53. The topological polar surface area (TPSA) is 15.3 Å². The van der Waals surface area contributed by atoms with Crippen LogP contribution in [0.4, 0.5) is 5.69 Å². The molecule has 0 radical (unpaired) electrons. The highest BCUT2D eigenvalue weighted by Crippen LogP contribution is 2.27. The van der Waals surface area contributed by atoms with E-state index in [9.17, 15) is 0 Å². The van der Waals surface area contributed by atoms with Gasteiger partial charge in [-0.05, 0) is 44.4 Å². The summed E-state index contributed by atoms with van der Waals surface area (Å²) in [5.41, 5.74) is 2.89. The molecule has 1 heterocycles. The molecule has 0 amide bonds. The molecule has 2 rings (SSSR count). The molecule has 1 unspecified atom stereocenters. The number of rotatable bonds is 5. The van der Waals surface area contributed by atoms with E-state index in [1.165, 1.54) is 49.9 Å². The molecule has 1 fully saturated rings. The summed E-state index contributed by atoms with van der Waals surface area (Å²) in [5.74, 6) is 0. The molecular weight excluding hydrogens is 232 g/mol. The van der Waals surface area contributed by atoms with Crippen molar-refractivity contribution in [1.29, 1.82) is 0 Å². The van der Waals surface area contributed by atoms with Crippen molar-refractivity contribution in [3.63, 3.8) is 0 Å². The lowest BCUT2D eigenvalue weighted by molar-refractivity contribution is 0.610. The molecule has 0 saturated carbocycles. The summed E-state index contributed by atoms with van der Waals surface area (Å²) < 4.78 is 0. The minimum atomic E-state index is 0.676. The first-order chi connectivity index (χ1) is 9.33. The fourth-order valence-electron chi connectivity index (χ4n) is 2.97. The number of anilines is 1. The summed E-state index contributed by atoms with van der Waals surface area (Å²) in [7, 11) is 0. The molecule has 106 valence electrons. The van der Waals surface area contributed by atoms with Crippen LogP contribution in [0.5, 0.6) is 0 Å². The third kappa shape index (κ3) is 3.97. The molecular formula is C17H28N2. The number of hydrogen-bond acceptors (Lipinski definition) is 2. The van der Waals surface area contributed by atoms with Gasteiger partial charge in [0.25, 0.3) is 0 Å². The van der Waals surface area contributed by atoms with Gasteiger partial charge in [0, 0.05) is 24.8 Å². The predicted molar refractivity (Wildman–Crippen MR) is 83.7 cm³/mol. The SMILES string of the molecule is CCCNCc1ccccc1N1CCCCCC1C. The van der Waals surface area contributed by atoms with Gasteiger partial charge in [-0.1, -0.05) is 38.0 Å². The van der Waals surface area contributed by atoms with Gasteiger partial charge in [0.2, 0.25) is 0 Å². The van der Waals surface area contributed by atoms with E-state index < -0.39 is 0 Å². The number of nitrogens with zero attached hydrogens (tertiary/aromatic N) is 1. The number of benzene rings is 1. The van der Waals surface area contributed by atoms with Crippen molar-refractivity contribution in [3.8, 4) is 0 Å². The van der Waals surface area contributed by atoms with Gasteiger partial charge in [0.1, 0.15) is 0 Å². The lowest BCUT2D eigenvalue weighted by atomic mass is 10.1. The maximum atomic E-state index is 3.53. The van der Waals surface area contributed by atoms with Gasteiger partial charge in [0.15, 0.2) is 0 Å². The molecule has 19 heavy (non-hydrogen) atoms. The zero-order chi connectivity index (χ0) is 13.5. The maximum Gasteiger partial charge on any atom is 0.0414 e. The van der Waals surface area contributed by atoms with Crippen molar-refractivity contribution in [2.75, 3.05) is 18.0 Å². The summed E-state index contributed by atoms with van der Waals surface area (Å²) >= 11 is 0. The van der Waals surface area contributed by atoms with E-state index in [-0.39, 0.29) is 0 Å². The normalized spacial score (nSPS) is 20.3. The quantitative estimate of drug-likeness (QED) is 0.806. The van der Waals surface area contributed by atoms with E-state index in [1.54, 1.807) is 0 Å². The molecule has 0 aromatic heterocycles. The van der Waals surface area contributed by atoms with Crippen molar-refractivity contribution in [2.45, 2.75) is 58.5 Å². The smallest absolute Gasteiger partial charge is 0.0414 e.